The Morgan fingerprint density at radius 1 is 1.06 bits per heavy atom. The third-order valence-electron chi connectivity index (χ3n) is 6.35. The van der Waals surface area contributed by atoms with E-state index >= 15 is 0 Å². The van der Waals surface area contributed by atoms with Crippen LogP contribution in [0.4, 0.5) is 4.79 Å². The van der Waals surface area contributed by atoms with Crippen LogP contribution in [0.15, 0.2) is 48.5 Å². The van der Waals surface area contributed by atoms with E-state index in [-0.39, 0.29) is 6.09 Å². The second-order valence-corrected chi connectivity index (χ2v) is 9.09. The third-order valence-corrected chi connectivity index (χ3v) is 6.35. The highest BCUT2D eigenvalue weighted by atomic mass is 16.6. The van der Waals surface area contributed by atoms with E-state index in [4.69, 9.17) is 14.2 Å². The minimum atomic E-state index is -0.970. The van der Waals surface area contributed by atoms with Crippen molar-refractivity contribution < 1.29 is 28.9 Å². The molecule has 7 heteroatoms. The first-order valence-corrected chi connectivity index (χ1v) is 12.5. The Kier molecular flexibility index (Phi) is 10.4. The maximum Gasteiger partial charge on any atom is 0.415 e. The third kappa shape index (κ3) is 8.91. The summed E-state index contributed by atoms with van der Waals surface area (Å²) in [6.07, 6.45) is 5.06. The molecule has 0 radical (unpaired) electrons. The molecule has 1 atom stereocenters. The van der Waals surface area contributed by atoms with Gasteiger partial charge in [-0.05, 0) is 61.6 Å². The van der Waals surface area contributed by atoms with E-state index in [1.54, 1.807) is 17.9 Å². The van der Waals surface area contributed by atoms with Gasteiger partial charge in [-0.1, -0.05) is 49.9 Å². The Balaban J connectivity index is 1.53. The molecule has 2 aromatic carbocycles. The van der Waals surface area contributed by atoms with Crippen LogP contribution in [0.1, 0.15) is 50.2 Å². The Morgan fingerprint density at radius 2 is 1.80 bits per heavy atom. The number of hydrogen-bond donors (Lipinski definition) is 1. The average molecular weight is 484 g/mol. The summed E-state index contributed by atoms with van der Waals surface area (Å²) in [6, 6.07) is 14.8. The Labute approximate surface area is 208 Å². The fourth-order valence-corrected chi connectivity index (χ4v) is 4.40. The molecular weight excluding hydrogens is 446 g/mol. The molecule has 0 aromatic heterocycles. The molecule has 2 aromatic rings. The number of carbonyl (C=O) groups is 2. The molecule has 1 unspecified atom stereocenters. The van der Waals surface area contributed by atoms with E-state index in [9.17, 15) is 14.7 Å². The number of nitrogens with zero attached hydrogens (tertiary/aromatic N) is 1. The van der Waals surface area contributed by atoms with Crippen LogP contribution in [0.25, 0.3) is 0 Å². The van der Waals surface area contributed by atoms with Crippen molar-refractivity contribution in [3.63, 3.8) is 0 Å². The summed E-state index contributed by atoms with van der Waals surface area (Å²) in [7, 11) is 0. The SMILES string of the molecule is CCOC(Cc1ccc(OCCN(CCC2CCCC2)C(=O)Oc2cccc(C)c2)cc1)C(=O)O. The van der Waals surface area contributed by atoms with Gasteiger partial charge >= 0.3 is 12.1 Å². The number of rotatable bonds is 13. The van der Waals surface area contributed by atoms with Crippen molar-refractivity contribution in [3.05, 3.63) is 59.7 Å². The summed E-state index contributed by atoms with van der Waals surface area (Å²) in [6.45, 7) is 5.50. The van der Waals surface area contributed by atoms with Crippen molar-refractivity contribution in [2.75, 3.05) is 26.3 Å². The van der Waals surface area contributed by atoms with Crippen LogP contribution in [-0.4, -0.2) is 54.5 Å². The fourth-order valence-electron chi connectivity index (χ4n) is 4.40. The number of benzene rings is 2. The average Bonchev–Trinajstić information content (AvgIpc) is 3.35. The fraction of sp³-hybridized carbons (Fsp3) is 0.500. The Hall–Kier alpha value is -3.06. The molecule has 1 N–H and O–H groups in total. The lowest BCUT2D eigenvalue weighted by Gasteiger charge is -2.23. The van der Waals surface area contributed by atoms with E-state index in [0.717, 1.165) is 17.5 Å². The highest BCUT2D eigenvalue weighted by Gasteiger charge is 2.21. The Bertz CT molecular complexity index is 939. The van der Waals surface area contributed by atoms with Crippen LogP contribution >= 0.6 is 0 Å². The predicted molar refractivity (Wildman–Crippen MR) is 134 cm³/mol. The summed E-state index contributed by atoms with van der Waals surface area (Å²) in [4.78, 5) is 25.9. The smallest absolute Gasteiger partial charge is 0.415 e. The van der Waals surface area contributed by atoms with Gasteiger partial charge in [-0.15, -0.1) is 0 Å². The number of ether oxygens (including phenoxy) is 3. The van der Waals surface area contributed by atoms with Gasteiger partial charge in [0, 0.05) is 19.6 Å². The van der Waals surface area contributed by atoms with E-state index in [2.05, 4.69) is 0 Å². The van der Waals surface area contributed by atoms with Gasteiger partial charge in [0.15, 0.2) is 6.10 Å². The molecule has 1 aliphatic carbocycles. The molecular formula is C28H37NO6. The molecule has 1 fully saturated rings. The van der Waals surface area contributed by atoms with Crippen LogP contribution in [0.2, 0.25) is 0 Å². The number of amides is 1. The van der Waals surface area contributed by atoms with Gasteiger partial charge in [0.05, 0.1) is 6.54 Å². The van der Waals surface area contributed by atoms with Crippen LogP contribution in [0.3, 0.4) is 0 Å². The zero-order valence-electron chi connectivity index (χ0n) is 20.8. The molecule has 7 nitrogen and oxygen atoms in total. The minimum Gasteiger partial charge on any atom is -0.492 e. The van der Waals surface area contributed by atoms with Gasteiger partial charge in [-0.2, -0.15) is 0 Å². The molecule has 0 bridgehead atoms. The van der Waals surface area contributed by atoms with Crippen LogP contribution in [0.5, 0.6) is 11.5 Å². The van der Waals surface area contributed by atoms with Gasteiger partial charge in [0.25, 0.3) is 0 Å². The van der Waals surface area contributed by atoms with E-state index < -0.39 is 12.1 Å². The largest absolute Gasteiger partial charge is 0.492 e. The number of hydrogen-bond acceptors (Lipinski definition) is 5. The van der Waals surface area contributed by atoms with Crippen molar-refractivity contribution in [1.29, 1.82) is 0 Å². The summed E-state index contributed by atoms with van der Waals surface area (Å²) in [5.41, 5.74) is 1.90. The highest BCUT2D eigenvalue weighted by molar-refractivity contribution is 5.72. The van der Waals surface area contributed by atoms with Gasteiger partial charge in [-0.25, -0.2) is 9.59 Å². The van der Waals surface area contributed by atoms with Gasteiger partial charge < -0.3 is 24.2 Å². The molecule has 1 amide bonds. The van der Waals surface area contributed by atoms with Crippen LogP contribution < -0.4 is 9.47 Å². The number of aliphatic carboxylic acids is 1. The molecule has 0 spiro atoms. The normalized spacial score (nSPS) is 14.5. The quantitative estimate of drug-likeness (QED) is 0.406. The Morgan fingerprint density at radius 3 is 2.46 bits per heavy atom. The molecule has 35 heavy (non-hydrogen) atoms. The summed E-state index contributed by atoms with van der Waals surface area (Å²) < 4.78 is 16.8. The highest BCUT2D eigenvalue weighted by Crippen LogP contribution is 2.27. The topological polar surface area (TPSA) is 85.3 Å². The van der Waals surface area contributed by atoms with Crippen molar-refractivity contribution >= 4 is 12.1 Å². The zero-order chi connectivity index (χ0) is 25.0. The van der Waals surface area contributed by atoms with Crippen molar-refractivity contribution in [1.82, 2.24) is 4.90 Å². The van der Waals surface area contributed by atoms with Crippen molar-refractivity contribution in [2.45, 2.75) is 58.5 Å². The lowest BCUT2D eigenvalue weighted by atomic mass is 10.0. The molecule has 3 rings (SSSR count). The first-order chi connectivity index (χ1) is 16.9. The van der Waals surface area contributed by atoms with E-state index in [1.807, 2.05) is 49.4 Å². The number of carboxylic acid groups (broad SMARTS) is 1. The molecule has 0 saturated heterocycles. The van der Waals surface area contributed by atoms with Gasteiger partial charge in [0.2, 0.25) is 0 Å². The number of carbonyl (C=O) groups excluding carboxylic acids is 1. The lowest BCUT2D eigenvalue weighted by molar-refractivity contribution is -0.149. The number of aryl methyl sites for hydroxylation is 1. The molecule has 0 aliphatic heterocycles. The molecule has 0 heterocycles. The van der Waals surface area contributed by atoms with Crippen LogP contribution in [0, 0.1) is 12.8 Å². The van der Waals surface area contributed by atoms with E-state index in [1.165, 1.54) is 25.7 Å². The first kappa shape index (κ1) is 26.5. The first-order valence-electron chi connectivity index (χ1n) is 12.5. The minimum absolute atomic E-state index is 0.295. The van der Waals surface area contributed by atoms with E-state index in [0.29, 0.717) is 50.1 Å². The van der Waals surface area contributed by atoms with Gasteiger partial charge in [-0.3, -0.25) is 0 Å². The number of carboxylic acids is 1. The maximum absolute atomic E-state index is 12.9. The van der Waals surface area contributed by atoms with Gasteiger partial charge in [0.1, 0.15) is 18.1 Å². The maximum atomic E-state index is 12.9. The van der Waals surface area contributed by atoms with Crippen molar-refractivity contribution in [2.24, 2.45) is 5.92 Å². The molecule has 1 saturated carbocycles. The van der Waals surface area contributed by atoms with Crippen molar-refractivity contribution in [3.8, 4) is 11.5 Å². The summed E-state index contributed by atoms with van der Waals surface area (Å²) in [5, 5.41) is 9.26. The summed E-state index contributed by atoms with van der Waals surface area (Å²) in [5.74, 6) is 0.912. The predicted octanol–water partition coefficient (Wildman–Crippen LogP) is 5.49. The molecule has 190 valence electrons. The lowest BCUT2D eigenvalue weighted by Crippen LogP contribution is -2.38. The van der Waals surface area contributed by atoms with Crippen LogP contribution in [-0.2, 0) is 16.0 Å². The standard InChI is InChI=1S/C28H37NO6/c1-3-33-26(27(30)31)20-23-11-13-24(14-12-23)34-18-17-29(16-15-22-8-4-5-9-22)28(32)35-25-10-6-7-21(2)19-25/h6-7,10-14,19,22,26H,3-5,8-9,15-18,20H2,1-2H3,(H,30,31). The summed E-state index contributed by atoms with van der Waals surface area (Å²) >= 11 is 0. The zero-order valence-corrected chi connectivity index (χ0v) is 20.8. The second kappa shape index (κ2) is 13.7. The molecule has 1 aliphatic rings. The monoisotopic (exact) mass is 483 g/mol. The second-order valence-electron chi connectivity index (χ2n) is 9.09.